The number of rotatable bonds is 8. The predicted octanol–water partition coefficient (Wildman–Crippen LogP) is 2.80. The van der Waals surface area contributed by atoms with Crippen LogP contribution in [0.1, 0.15) is 31.7 Å². The van der Waals surface area contributed by atoms with Crippen LogP contribution in [0.3, 0.4) is 0 Å². The second-order valence-corrected chi connectivity index (χ2v) is 5.51. The molecule has 1 aliphatic carbocycles. The Hall–Kier alpha value is -0.770. The van der Waals surface area contributed by atoms with Crippen LogP contribution in [0, 0.1) is 0 Å². The fraction of sp³-hybridized carbons (Fsp3) is 0.600. The van der Waals surface area contributed by atoms with Crippen molar-refractivity contribution in [3.8, 4) is 0 Å². The Morgan fingerprint density at radius 1 is 1.42 bits per heavy atom. The molecule has 1 saturated carbocycles. The highest BCUT2D eigenvalue weighted by Gasteiger charge is 2.28. The number of aliphatic hydroxyl groups is 1. The van der Waals surface area contributed by atoms with E-state index in [0.29, 0.717) is 12.6 Å². The molecular weight excluding hydrogens is 260 g/mol. The third-order valence-corrected chi connectivity index (χ3v) is 3.79. The monoisotopic (exact) mass is 282 g/mol. The van der Waals surface area contributed by atoms with Crippen LogP contribution in [0.5, 0.6) is 0 Å². The van der Waals surface area contributed by atoms with Gasteiger partial charge in [-0.3, -0.25) is 0 Å². The molecule has 1 aliphatic rings. The summed E-state index contributed by atoms with van der Waals surface area (Å²) in [7, 11) is 0. The molecule has 4 heteroatoms. The summed E-state index contributed by atoms with van der Waals surface area (Å²) < 4.78 is 0. The van der Waals surface area contributed by atoms with Crippen molar-refractivity contribution >= 4 is 17.3 Å². The zero-order valence-corrected chi connectivity index (χ0v) is 12.3. The van der Waals surface area contributed by atoms with Crippen molar-refractivity contribution in [2.24, 2.45) is 0 Å². The number of halogens is 1. The lowest BCUT2D eigenvalue weighted by atomic mass is 10.2. The van der Waals surface area contributed by atoms with Gasteiger partial charge in [-0.25, -0.2) is 0 Å². The third-order valence-electron chi connectivity index (χ3n) is 3.44. The maximum absolute atomic E-state index is 9.16. The molecule has 3 nitrogen and oxygen atoms in total. The van der Waals surface area contributed by atoms with E-state index in [0.717, 1.165) is 35.8 Å². The molecular formula is C15H23ClN2O. The first-order chi connectivity index (χ1) is 9.26. The molecule has 19 heavy (non-hydrogen) atoms. The van der Waals surface area contributed by atoms with Crippen LogP contribution in [0.4, 0.5) is 5.69 Å². The third kappa shape index (κ3) is 4.10. The van der Waals surface area contributed by atoms with Gasteiger partial charge in [0, 0.05) is 29.8 Å². The highest BCUT2D eigenvalue weighted by Crippen LogP contribution is 2.33. The SMILES string of the molecule is CCCNCc1ccc(N(CCO)C2CC2)cc1Cl. The van der Waals surface area contributed by atoms with E-state index in [-0.39, 0.29) is 6.61 Å². The number of nitrogens with zero attached hydrogens (tertiary/aromatic N) is 1. The van der Waals surface area contributed by atoms with Gasteiger partial charge in [-0.1, -0.05) is 24.6 Å². The summed E-state index contributed by atoms with van der Waals surface area (Å²) in [6, 6.07) is 6.82. The maximum Gasteiger partial charge on any atom is 0.0606 e. The van der Waals surface area contributed by atoms with Gasteiger partial charge in [0.25, 0.3) is 0 Å². The van der Waals surface area contributed by atoms with Crippen molar-refractivity contribution in [3.05, 3.63) is 28.8 Å². The molecule has 0 aliphatic heterocycles. The molecule has 1 aromatic carbocycles. The number of anilines is 1. The van der Waals surface area contributed by atoms with Gasteiger partial charge in [-0.05, 0) is 43.5 Å². The van der Waals surface area contributed by atoms with E-state index in [1.54, 1.807) is 0 Å². The van der Waals surface area contributed by atoms with Gasteiger partial charge < -0.3 is 15.3 Å². The highest BCUT2D eigenvalue weighted by atomic mass is 35.5. The van der Waals surface area contributed by atoms with Crippen LogP contribution in [0.25, 0.3) is 0 Å². The van der Waals surface area contributed by atoms with E-state index in [9.17, 15) is 0 Å². The molecule has 1 aromatic rings. The molecule has 0 unspecified atom stereocenters. The molecule has 2 rings (SSSR count). The van der Waals surface area contributed by atoms with Crippen molar-refractivity contribution in [2.75, 3.05) is 24.6 Å². The molecule has 0 bridgehead atoms. The Kier molecular flexibility index (Phi) is 5.49. The lowest BCUT2D eigenvalue weighted by Crippen LogP contribution is -2.28. The van der Waals surface area contributed by atoms with Crippen molar-refractivity contribution in [1.82, 2.24) is 5.32 Å². The maximum atomic E-state index is 9.16. The van der Waals surface area contributed by atoms with Crippen LogP contribution in [0.15, 0.2) is 18.2 Å². The van der Waals surface area contributed by atoms with Crippen molar-refractivity contribution in [2.45, 2.75) is 38.8 Å². The van der Waals surface area contributed by atoms with Gasteiger partial charge in [-0.2, -0.15) is 0 Å². The number of benzene rings is 1. The Bertz CT molecular complexity index is 407. The van der Waals surface area contributed by atoms with Crippen molar-refractivity contribution < 1.29 is 5.11 Å². The fourth-order valence-electron chi connectivity index (χ4n) is 2.27. The standard InChI is InChI=1S/C15H23ClN2O/c1-2-7-17-11-12-3-4-14(10-15(12)16)18(8-9-19)13-5-6-13/h3-4,10,13,17,19H,2,5-9,11H2,1H3. The minimum Gasteiger partial charge on any atom is -0.395 e. The van der Waals surface area contributed by atoms with Gasteiger partial charge in [0.1, 0.15) is 0 Å². The summed E-state index contributed by atoms with van der Waals surface area (Å²) in [4.78, 5) is 2.26. The highest BCUT2D eigenvalue weighted by molar-refractivity contribution is 6.31. The van der Waals surface area contributed by atoms with Gasteiger partial charge in [-0.15, -0.1) is 0 Å². The molecule has 0 heterocycles. The molecule has 1 fully saturated rings. The Morgan fingerprint density at radius 2 is 2.21 bits per heavy atom. The fourth-order valence-corrected chi connectivity index (χ4v) is 2.52. The molecule has 2 N–H and O–H groups in total. The first-order valence-electron chi connectivity index (χ1n) is 7.13. The van der Waals surface area contributed by atoms with Crippen LogP contribution >= 0.6 is 11.6 Å². The van der Waals surface area contributed by atoms with Crippen molar-refractivity contribution in [3.63, 3.8) is 0 Å². The normalized spacial score (nSPS) is 14.7. The molecule has 0 radical (unpaired) electrons. The Morgan fingerprint density at radius 3 is 2.79 bits per heavy atom. The summed E-state index contributed by atoms with van der Waals surface area (Å²) in [5, 5.41) is 13.3. The lowest BCUT2D eigenvalue weighted by molar-refractivity contribution is 0.301. The molecule has 0 atom stereocenters. The molecule has 0 amide bonds. The van der Waals surface area contributed by atoms with E-state index in [4.69, 9.17) is 16.7 Å². The summed E-state index contributed by atoms with van der Waals surface area (Å²) in [5.74, 6) is 0. The summed E-state index contributed by atoms with van der Waals surface area (Å²) in [6.45, 7) is 4.86. The molecule has 0 aromatic heterocycles. The average molecular weight is 283 g/mol. The van der Waals surface area contributed by atoms with E-state index >= 15 is 0 Å². The van der Waals surface area contributed by atoms with Gasteiger partial charge in [0.05, 0.1) is 6.61 Å². The predicted molar refractivity (Wildman–Crippen MR) is 80.9 cm³/mol. The van der Waals surface area contributed by atoms with Crippen LogP contribution < -0.4 is 10.2 Å². The first-order valence-corrected chi connectivity index (χ1v) is 7.50. The number of nitrogens with one attached hydrogen (secondary N) is 1. The molecule has 106 valence electrons. The van der Waals surface area contributed by atoms with Gasteiger partial charge in [0.2, 0.25) is 0 Å². The van der Waals surface area contributed by atoms with E-state index in [2.05, 4.69) is 29.3 Å². The summed E-state index contributed by atoms with van der Waals surface area (Å²) in [6.07, 6.45) is 3.57. The minimum atomic E-state index is 0.188. The quantitative estimate of drug-likeness (QED) is 0.720. The smallest absolute Gasteiger partial charge is 0.0606 e. The number of aliphatic hydroxyl groups excluding tert-OH is 1. The van der Waals surface area contributed by atoms with Crippen LogP contribution in [0.2, 0.25) is 5.02 Å². The first kappa shape index (κ1) is 14.6. The largest absolute Gasteiger partial charge is 0.395 e. The lowest BCUT2D eigenvalue weighted by Gasteiger charge is -2.24. The van der Waals surface area contributed by atoms with E-state index < -0.39 is 0 Å². The van der Waals surface area contributed by atoms with E-state index in [1.165, 1.54) is 12.8 Å². The second-order valence-electron chi connectivity index (χ2n) is 5.10. The average Bonchev–Trinajstić information content (AvgIpc) is 3.22. The zero-order chi connectivity index (χ0) is 13.7. The minimum absolute atomic E-state index is 0.188. The van der Waals surface area contributed by atoms with E-state index in [1.807, 2.05) is 6.07 Å². The molecule has 0 spiro atoms. The Labute approximate surface area is 120 Å². The van der Waals surface area contributed by atoms with Crippen molar-refractivity contribution in [1.29, 1.82) is 0 Å². The van der Waals surface area contributed by atoms with Crippen LogP contribution in [-0.4, -0.2) is 30.8 Å². The number of hydrogen-bond acceptors (Lipinski definition) is 3. The van der Waals surface area contributed by atoms with Gasteiger partial charge >= 0.3 is 0 Å². The second kappa shape index (κ2) is 7.13. The van der Waals surface area contributed by atoms with Crippen LogP contribution in [-0.2, 0) is 6.54 Å². The summed E-state index contributed by atoms with van der Waals surface area (Å²) >= 11 is 6.35. The zero-order valence-electron chi connectivity index (χ0n) is 11.5. The topological polar surface area (TPSA) is 35.5 Å². The summed E-state index contributed by atoms with van der Waals surface area (Å²) in [5.41, 5.74) is 2.26. The molecule has 0 saturated heterocycles. The number of hydrogen-bond donors (Lipinski definition) is 2. The Balaban J connectivity index is 2.04. The van der Waals surface area contributed by atoms with Gasteiger partial charge in [0.15, 0.2) is 0 Å².